The van der Waals surface area contributed by atoms with Crippen LogP contribution in [0.15, 0.2) is 0 Å². The Bertz CT molecular complexity index is 431. The van der Waals surface area contributed by atoms with E-state index in [0.29, 0.717) is 19.4 Å². The number of carbonyl (C=O) groups excluding carboxylic acids is 2. The van der Waals surface area contributed by atoms with E-state index in [1.165, 1.54) is 0 Å². The van der Waals surface area contributed by atoms with E-state index in [9.17, 15) is 18.0 Å². The van der Waals surface area contributed by atoms with Crippen LogP contribution in [0.25, 0.3) is 0 Å². The Labute approximate surface area is 100 Å². The molecule has 1 N–H and O–H groups in total. The molecular formula is C10H16N2O4S. The Morgan fingerprint density at radius 3 is 2.41 bits per heavy atom. The van der Waals surface area contributed by atoms with Crippen molar-refractivity contribution in [1.29, 1.82) is 0 Å². The second-order valence-corrected chi connectivity index (χ2v) is 7.03. The molecule has 0 aromatic carbocycles. The Balaban J connectivity index is 2.03. The standard InChI is InChI=1S/C10H16N2O4S/c1-7-6-12(10(14)11-9(7)13)8-2-4-17(15,16)5-3-8/h7-8H,2-6H2,1H3,(H,11,13,14). The summed E-state index contributed by atoms with van der Waals surface area (Å²) in [5.41, 5.74) is 0. The Morgan fingerprint density at radius 2 is 1.82 bits per heavy atom. The molecule has 2 fully saturated rings. The number of amides is 3. The van der Waals surface area contributed by atoms with Gasteiger partial charge in [-0.2, -0.15) is 0 Å². The molecule has 17 heavy (non-hydrogen) atoms. The molecule has 0 saturated carbocycles. The zero-order chi connectivity index (χ0) is 12.6. The summed E-state index contributed by atoms with van der Waals surface area (Å²) < 4.78 is 22.6. The summed E-state index contributed by atoms with van der Waals surface area (Å²) in [7, 11) is -2.92. The highest BCUT2D eigenvalue weighted by molar-refractivity contribution is 7.91. The number of hydrogen-bond donors (Lipinski definition) is 1. The average Bonchev–Trinajstić information content (AvgIpc) is 2.24. The van der Waals surface area contributed by atoms with Gasteiger partial charge in [0.1, 0.15) is 9.84 Å². The lowest BCUT2D eigenvalue weighted by Crippen LogP contribution is -2.58. The highest BCUT2D eigenvalue weighted by atomic mass is 32.2. The Kier molecular flexibility index (Phi) is 3.11. The largest absolute Gasteiger partial charge is 0.324 e. The minimum atomic E-state index is -2.92. The highest BCUT2D eigenvalue weighted by Crippen LogP contribution is 2.21. The number of nitrogens with zero attached hydrogens (tertiary/aromatic N) is 1. The van der Waals surface area contributed by atoms with Gasteiger partial charge in [0, 0.05) is 12.6 Å². The zero-order valence-electron chi connectivity index (χ0n) is 9.68. The lowest BCUT2D eigenvalue weighted by molar-refractivity contribution is -0.125. The van der Waals surface area contributed by atoms with Gasteiger partial charge in [-0.25, -0.2) is 13.2 Å². The monoisotopic (exact) mass is 260 g/mol. The van der Waals surface area contributed by atoms with Crippen molar-refractivity contribution in [2.45, 2.75) is 25.8 Å². The predicted molar refractivity (Wildman–Crippen MR) is 61.1 cm³/mol. The topological polar surface area (TPSA) is 83.6 Å². The van der Waals surface area contributed by atoms with Crippen molar-refractivity contribution >= 4 is 21.8 Å². The second kappa shape index (κ2) is 4.29. The number of sulfone groups is 1. The number of carbonyl (C=O) groups is 2. The van der Waals surface area contributed by atoms with Crippen molar-refractivity contribution in [2.75, 3.05) is 18.1 Å². The van der Waals surface area contributed by atoms with E-state index < -0.39 is 15.9 Å². The van der Waals surface area contributed by atoms with Crippen LogP contribution in [0.2, 0.25) is 0 Å². The van der Waals surface area contributed by atoms with Gasteiger partial charge in [-0.3, -0.25) is 10.1 Å². The first-order chi connectivity index (χ1) is 7.89. The van der Waals surface area contributed by atoms with Crippen molar-refractivity contribution in [3.05, 3.63) is 0 Å². The quantitative estimate of drug-likeness (QED) is 0.704. The van der Waals surface area contributed by atoms with E-state index in [1.54, 1.807) is 11.8 Å². The summed E-state index contributed by atoms with van der Waals surface area (Å²) in [4.78, 5) is 24.5. The van der Waals surface area contributed by atoms with Crippen LogP contribution in [-0.4, -0.2) is 49.3 Å². The van der Waals surface area contributed by atoms with Gasteiger partial charge in [-0.05, 0) is 12.8 Å². The van der Waals surface area contributed by atoms with Gasteiger partial charge in [0.25, 0.3) is 0 Å². The Hall–Kier alpha value is -1.11. The summed E-state index contributed by atoms with van der Waals surface area (Å²) in [5, 5.41) is 2.30. The van der Waals surface area contributed by atoms with Gasteiger partial charge in [0.05, 0.1) is 17.4 Å². The summed E-state index contributed by atoms with van der Waals surface area (Å²) in [6, 6.07) is -0.452. The van der Waals surface area contributed by atoms with Gasteiger partial charge >= 0.3 is 6.03 Å². The number of rotatable bonds is 1. The molecule has 0 aromatic heterocycles. The van der Waals surface area contributed by atoms with Crippen molar-refractivity contribution < 1.29 is 18.0 Å². The summed E-state index contributed by atoms with van der Waals surface area (Å²) in [5.74, 6) is -0.228. The van der Waals surface area contributed by atoms with Gasteiger partial charge in [-0.1, -0.05) is 6.92 Å². The molecule has 1 unspecified atom stereocenters. The molecule has 2 aliphatic rings. The van der Waals surface area contributed by atoms with E-state index in [1.807, 2.05) is 0 Å². The van der Waals surface area contributed by atoms with E-state index >= 15 is 0 Å². The van der Waals surface area contributed by atoms with Crippen LogP contribution in [0.3, 0.4) is 0 Å². The molecule has 2 rings (SSSR count). The maximum absolute atomic E-state index is 11.7. The molecule has 1 atom stereocenters. The normalized spacial score (nSPS) is 30.2. The molecule has 96 valence electrons. The second-order valence-electron chi connectivity index (χ2n) is 4.73. The summed E-state index contributed by atoms with van der Waals surface area (Å²) >= 11 is 0. The fraction of sp³-hybridized carbons (Fsp3) is 0.800. The third kappa shape index (κ3) is 2.59. The lowest BCUT2D eigenvalue weighted by Gasteiger charge is -2.38. The number of hydrogen-bond acceptors (Lipinski definition) is 4. The predicted octanol–water partition coefficient (Wildman–Crippen LogP) is -0.249. The molecule has 0 radical (unpaired) electrons. The van der Waals surface area contributed by atoms with Gasteiger partial charge in [0.2, 0.25) is 5.91 Å². The zero-order valence-corrected chi connectivity index (χ0v) is 10.5. The summed E-state index contributed by atoms with van der Waals surface area (Å²) in [6.07, 6.45) is 0.938. The van der Waals surface area contributed by atoms with Crippen molar-refractivity contribution in [1.82, 2.24) is 10.2 Å². The van der Waals surface area contributed by atoms with Crippen LogP contribution in [0, 0.1) is 5.92 Å². The molecule has 0 spiro atoms. The first kappa shape index (κ1) is 12.3. The molecule has 3 amide bonds. The van der Waals surface area contributed by atoms with Crippen molar-refractivity contribution in [2.24, 2.45) is 5.92 Å². The van der Waals surface area contributed by atoms with Crippen molar-refractivity contribution in [3.8, 4) is 0 Å². The molecule has 2 heterocycles. The minimum absolute atomic E-state index is 0.0610. The van der Waals surface area contributed by atoms with Crippen LogP contribution in [0.1, 0.15) is 19.8 Å². The molecule has 2 aliphatic heterocycles. The van der Waals surface area contributed by atoms with Crippen LogP contribution < -0.4 is 5.32 Å². The average molecular weight is 260 g/mol. The third-order valence-electron chi connectivity index (χ3n) is 3.37. The third-order valence-corrected chi connectivity index (χ3v) is 5.09. The van der Waals surface area contributed by atoms with Crippen molar-refractivity contribution in [3.63, 3.8) is 0 Å². The maximum atomic E-state index is 11.7. The smallest absolute Gasteiger partial charge is 0.321 e. The molecular weight excluding hydrogens is 244 g/mol. The molecule has 6 nitrogen and oxygen atoms in total. The van der Waals surface area contributed by atoms with Crippen LogP contribution in [0.4, 0.5) is 4.79 Å². The number of imide groups is 1. The lowest BCUT2D eigenvalue weighted by atomic mass is 10.0. The van der Waals surface area contributed by atoms with E-state index in [0.717, 1.165) is 0 Å². The minimum Gasteiger partial charge on any atom is -0.321 e. The molecule has 0 bridgehead atoms. The Morgan fingerprint density at radius 1 is 1.24 bits per heavy atom. The maximum Gasteiger partial charge on any atom is 0.324 e. The summed E-state index contributed by atoms with van der Waals surface area (Å²) in [6.45, 7) is 2.14. The van der Waals surface area contributed by atoms with Crippen LogP contribution >= 0.6 is 0 Å². The highest BCUT2D eigenvalue weighted by Gasteiger charge is 2.36. The first-order valence-corrected chi connectivity index (χ1v) is 7.53. The van der Waals surface area contributed by atoms with E-state index in [2.05, 4.69) is 5.32 Å². The molecule has 7 heteroatoms. The number of nitrogens with one attached hydrogen (secondary N) is 1. The fourth-order valence-electron chi connectivity index (χ4n) is 2.27. The van der Waals surface area contributed by atoms with E-state index in [4.69, 9.17) is 0 Å². The fourth-order valence-corrected chi connectivity index (χ4v) is 3.73. The van der Waals surface area contributed by atoms with Gasteiger partial charge < -0.3 is 4.90 Å². The first-order valence-electron chi connectivity index (χ1n) is 5.71. The van der Waals surface area contributed by atoms with Crippen LogP contribution in [0.5, 0.6) is 0 Å². The molecule has 0 aliphatic carbocycles. The SMILES string of the molecule is CC1CN(C2CCS(=O)(=O)CC2)C(=O)NC1=O. The van der Waals surface area contributed by atoms with Gasteiger partial charge in [0.15, 0.2) is 0 Å². The molecule has 2 saturated heterocycles. The molecule has 0 aromatic rings. The number of urea groups is 1. The van der Waals surface area contributed by atoms with E-state index in [-0.39, 0.29) is 29.4 Å². The van der Waals surface area contributed by atoms with Crippen LogP contribution in [-0.2, 0) is 14.6 Å². The van der Waals surface area contributed by atoms with Gasteiger partial charge in [-0.15, -0.1) is 0 Å².